The van der Waals surface area contributed by atoms with Gasteiger partial charge in [0.1, 0.15) is 4.88 Å². The lowest BCUT2D eigenvalue weighted by atomic mass is 10.0. The van der Waals surface area contributed by atoms with E-state index in [2.05, 4.69) is 9.59 Å². The maximum atomic E-state index is 12.3. The monoisotopic (exact) mass is 314 g/mol. The van der Waals surface area contributed by atoms with Gasteiger partial charge in [0.2, 0.25) is 0 Å². The Morgan fingerprint density at radius 3 is 2.74 bits per heavy atom. The standard InChI is InChI=1S/C13H12Cl2N2OS/c1-7(2)12-13(19-17-16-12)11(18)5-8-3-4-9(14)6-10(8)15/h3-4,6-7H,5H2,1-2H3. The lowest BCUT2D eigenvalue weighted by Crippen LogP contribution is -2.06. The minimum atomic E-state index is -0.0112. The van der Waals surface area contributed by atoms with E-state index in [0.717, 1.165) is 22.8 Å². The molecule has 0 spiro atoms. The number of rotatable bonds is 4. The van der Waals surface area contributed by atoms with E-state index in [-0.39, 0.29) is 18.1 Å². The first-order valence-electron chi connectivity index (χ1n) is 5.78. The molecule has 0 N–H and O–H groups in total. The fraction of sp³-hybridized carbons (Fsp3) is 0.308. The summed E-state index contributed by atoms with van der Waals surface area (Å²) < 4.78 is 3.86. The molecule has 0 radical (unpaired) electrons. The van der Waals surface area contributed by atoms with Crippen molar-refractivity contribution < 1.29 is 4.79 Å². The zero-order chi connectivity index (χ0) is 14.0. The molecule has 0 saturated heterocycles. The lowest BCUT2D eigenvalue weighted by molar-refractivity contribution is 0.0995. The molecule has 0 amide bonds. The molecule has 0 aliphatic carbocycles. The van der Waals surface area contributed by atoms with Crippen LogP contribution in [0.3, 0.4) is 0 Å². The van der Waals surface area contributed by atoms with Crippen LogP contribution in [0, 0.1) is 0 Å². The molecular formula is C13H12Cl2N2OS. The third-order valence-electron chi connectivity index (χ3n) is 2.68. The minimum Gasteiger partial charge on any atom is -0.293 e. The van der Waals surface area contributed by atoms with Crippen molar-refractivity contribution in [2.45, 2.75) is 26.2 Å². The van der Waals surface area contributed by atoms with E-state index in [4.69, 9.17) is 23.2 Å². The van der Waals surface area contributed by atoms with Crippen LogP contribution in [-0.4, -0.2) is 15.4 Å². The van der Waals surface area contributed by atoms with Crippen LogP contribution in [0.2, 0.25) is 10.0 Å². The van der Waals surface area contributed by atoms with Crippen molar-refractivity contribution in [2.75, 3.05) is 0 Å². The average molecular weight is 315 g/mol. The van der Waals surface area contributed by atoms with Gasteiger partial charge >= 0.3 is 0 Å². The highest BCUT2D eigenvalue weighted by Gasteiger charge is 2.19. The smallest absolute Gasteiger partial charge is 0.180 e. The van der Waals surface area contributed by atoms with Crippen LogP contribution >= 0.6 is 34.7 Å². The number of carbonyl (C=O) groups is 1. The van der Waals surface area contributed by atoms with E-state index in [1.807, 2.05) is 13.8 Å². The SMILES string of the molecule is CC(C)c1nnsc1C(=O)Cc1ccc(Cl)cc1Cl. The van der Waals surface area contributed by atoms with Crippen LogP contribution in [0.4, 0.5) is 0 Å². The summed E-state index contributed by atoms with van der Waals surface area (Å²) in [6.07, 6.45) is 0.236. The second kappa shape index (κ2) is 5.99. The Labute approximate surface area is 125 Å². The van der Waals surface area contributed by atoms with E-state index >= 15 is 0 Å². The van der Waals surface area contributed by atoms with Gasteiger partial charge in [0, 0.05) is 16.5 Å². The molecule has 0 aliphatic heterocycles. The van der Waals surface area contributed by atoms with Crippen LogP contribution in [-0.2, 0) is 6.42 Å². The highest BCUT2D eigenvalue weighted by molar-refractivity contribution is 7.08. The number of hydrogen-bond acceptors (Lipinski definition) is 4. The van der Waals surface area contributed by atoms with Crippen molar-refractivity contribution in [3.8, 4) is 0 Å². The zero-order valence-electron chi connectivity index (χ0n) is 10.5. The van der Waals surface area contributed by atoms with Gasteiger partial charge < -0.3 is 0 Å². The second-order valence-electron chi connectivity index (χ2n) is 4.48. The summed E-state index contributed by atoms with van der Waals surface area (Å²) in [5.74, 6) is 0.168. The fourth-order valence-electron chi connectivity index (χ4n) is 1.69. The molecule has 2 aromatic rings. The van der Waals surface area contributed by atoms with Gasteiger partial charge in [0.15, 0.2) is 5.78 Å². The molecule has 2 rings (SSSR count). The molecule has 0 aliphatic rings. The predicted octanol–water partition coefficient (Wildman–Crippen LogP) is 4.39. The normalized spacial score (nSPS) is 11.0. The topological polar surface area (TPSA) is 42.9 Å². The first kappa shape index (κ1) is 14.4. The predicted molar refractivity (Wildman–Crippen MR) is 78.5 cm³/mol. The Bertz CT molecular complexity index is 610. The summed E-state index contributed by atoms with van der Waals surface area (Å²) in [6.45, 7) is 3.98. The number of carbonyl (C=O) groups excluding carboxylic acids is 1. The molecule has 6 heteroatoms. The molecule has 0 fully saturated rings. The molecule has 1 aromatic carbocycles. The van der Waals surface area contributed by atoms with Crippen molar-refractivity contribution in [1.29, 1.82) is 0 Å². The van der Waals surface area contributed by atoms with Gasteiger partial charge in [-0.25, -0.2) is 0 Å². The van der Waals surface area contributed by atoms with Crippen LogP contribution in [0.5, 0.6) is 0 Å². The first-order chi connectivity index (χ1) is 8.99. The first-order valence-corrected chi connectivity index (χ1v) is 7.31. The number of Topliss-reactive ketones (excluding diaryl/α,β-unsaturated/α-hetero) is 1. The third-order valence-corrected chi connectivity index (χ3v) is 4.05. The molecule has 1 aromatic heterocycles. The van der Waals surface area contributed by atoms with Crippen LogP contribution in [0.1, 0.15) is 40.7 Å². The Morgan fingerprint density at radius 1 is 1.37 bits per heavy atom. The summed E-state index contributed by atoms with van der Waals surface area (Å²) in [7, 11) is 0. The molecule has 0 unspecified atom stereocenters. The Morgan fingerprint density at radius 2 is 2.11 bits per heavy atom. The molecule has 19 heavy (non-hydrogen) atoms. The molecule has 100 valence electrons. The quantitative estimate of drug-likeness (QED) is 0.786. The fourth-order valence-corrected chi connectivity index (χ4v) is 2.92. The molecule has 0 bridgehead atoms. The summed E-state index contributed by atoms with van der Waals surface area (Å²) in [5.41, 5.74) is 1.51. The largest absolute Gasteiger partial charge is 0.293 e. The Balaban J connectivity index is 2.23. The second-order valence-corrected chi connectivity index (χ2v) is 6.08. The van der Waals surface area contributed by atoms with Crippen molar-refractivity contribution >= 4 is 40.5 Å². The van der Waals surface area contributed by atoms with Gasteiger partial charge in [-0.2, -0.15) is 0 Å². The van der Waals surface area contributed by atoms with Gasteiger partial charge in [-0.3, -0.25) is 4.79 Å². The zero-order valence-corrected chi connectivity index (χ0v) is 12.8. The van der Waals surface area contributed by atoms with Gasteiger partial charge in [0.25, 0.3) is 0 Å². The van der Waals surface area contributed by atoms with Crippen molar-refractivity contribution in [1.82, 2.24) is 9.59 Å². The highest BCUT2D eigenvalue weighted by Crippen LogP contribution is 2.25. The Hall–Kier alpha value is -0.970. The van der Waals surface area contributed by atoms with Crippen LogP contribution in [0.25, 0.3) is 0 Å². The number of aromatic nitrogens is 2. The highest BCUT2D eigenvalue weighted by atomic mass is 35.5. The summed E-state index contributed by atoms with van der Waals surface area (Å²) >= 11 is 13.0. The Kier molecular flexibility index (Phi) is 4.55. The summed E-state index contributed by atoms with van der Waals surface area (Å²) in [6, 6.07) is 5.14. The van der Waals surface area contributed by atoms with Crippen molar-refractivity contribution in [2.24, 2.45) is 0 Å². The van der Waals surface area contributed by atoms with E-state index in [1.165, 1.54) is 0 Å². The molecule has 1 heterocycles. The number of ketones is 1. The molecule has 3 nitrogen and oxygen atoms in total. The van der Waals surface area contributed by atoms with E-state index in [0.29, 0.717) is 14.9 Å². The van der Waals surface area contributed by atoms with Gasteiger partial charge in [-0.15, -0.1) is 5.10 Å². The van der Waals surface area contributed by atoms with E-state index < -0.39 is 0 Å². The molecular weight excluding hydrogens is 303 g/mol. The van der Waals surface area contributed by atoms with Gasteiger partial charge in [0.05, 0.1) is 5.69 Å². The maximum absolute atomic E-state index is 12.3. The minimum absolute atomic E-state index is 0.0112. The maximum Gasteiger partial charge on any atom is 0.180 e. The summed E-state index contributed by atoms with van der Waals surface area (Å²) in [5, 5.41) is 5.07. The number of halogens is 2. The lowest BCUT2D eigenvalue weighted by Gasteiger charge is -2.05. The van der Waals surface area contributed by atoms with Gasteiger partial charge in [-0.05, 0) is 35.1 Å². The van der Waals surface area contributed by atoms with Crippen molar-refractivity contribution in [3.63, 3.8) is 0 Å². The van der Waals surface area contributed by atoms with E-state index in [1.54, 1.807) is 18.2 Å². The van der Waals surface area contributed by atoms with Crippen LogP contribution < -0.4 is 0 Å². The van der Waals surface area contributed by atoms with E-state index in [9.17, 15) is 4.79 Å². The summed E-state index contributed by atoms with van der Waals surface area (Å²) in [4.78, 5) is 12.9. The number of nitrogens with zero attached hydrogens (tertiary/aromatic N) is 2. The molecule has 0 saturated carbocycles. The van der Waals surface area contributed by atoms with Crippen LogP contribution in [0.15, 0.2) is 18.2 Å². The number of benzene rings is 1. The van der Waals surface area contributed by atoms with Gasteiger partial charge in [-0.1, -0.05) is 47.6 Å². The number of hydrogen-bond donors (Lipinski definition) is 0. The third kappa shape index (κ3) is 3.32. The van der Waals surface area contributed by atoms with Crippen molar-refractivity contribution in [3.05, 3.63) is 44.4 Å². The molecule has 0 atom stereocenters. The average Bonchev–Trinajstić information content (AvgIpc) is 2.82.